The van der Waals surface area contributed by atoms with Crippen LogP contribution in [0.1, 0.15) is 12.5 Å². The molecule has 1 aromatic rings. The predicted octanol–water partition coefficient (Wildman–Crippen LogP) is 1.70. The first-order valence-corrected chi connectivity index (χ1v) is 4.22. The van der Waals surface area contributed by atoms with E-state index in [0.29, 0.717) is 0 Å². The highest BCUT2D eigenvalue weighted by Gasteiger charge is 2.06. The number of nitrogens with one attached hydrogen (secondary N) is 1. The summed E-state index contributed by atoms with van der Waals surface area (Å²) in [5.41, 5.74) is 7.32. The summed E-state index contributed by atoms with van der Waals surface area (Å²) in [6, 6.07) is 7.14. The van der Waals surface area contributed by atoms with Crippen LogP contribution in [-0.2, 0) is 4.79 Å². The van der Waals surface area contributed by atoms with Gasteiger partial charge in [-0.3, -0.25) is 4.79 Å². The highest BCUT2D eigenvalue weighted by atomic mass is 35.5. The summed E-state index contributed by atoms with van der Waals surface area (Å²) < 4.78 is 0. The van der Waals surface area contributed by atoms with E-state index in [1.54, 1.807) is 6.92 Å². The van der Waals surface area contributed by atoms with E-state index in [0.717, 1.165) is 11.3 Å². The van der Waals surface area contributed by atoms with Gasteiger partial charge in [0.2, 0.25) is 5.91 Å². The number of benzene rings is 1. The molecule has 3 nitrogen and oxygen atoms in total. The molecule has 0 aliphatic carbocycles. The average molecular weight is 215 g/mol. The van der Waals surface area contributed by atoms with Crippen molar-refractivity contribution in [3.63, 3.8) is 0 Å². The summed E-state index contributed by atoms with van der Waals surface area (Å²) in [6.45, 7) is 3.63. The van der Waals surface area contributed by atoms with E-state index in [1.165, 1.54) is 0 Å². The lowest BCUT2D eigenvalue weighted by atomic mass is 10.2. The van der Waals surface area contributed by atoms with Crippen LogP contribution in [0.2, 0.25) is 0 Å². The molecule has 0 aliphatic heterocycles. The molecule has 0 aliphatic rings. The smallest absolute Gasteiger partial charge is 0.240 e. The minimum absolute atomic E-state index is 0. The number of aryl methyl sites for hydroxylation is 1. The molecule has 78 valence electrons. The summed E-state index contributed by atoms with van der Waals surface area (Å²) in [7, 11) is 0. The highest BCUT2D eigenvalue weighted by Crippen LogP contribution is 2.09. The van der Waals surface area contributed by atoms with E-state index in [9.17, 15) is 4.79 Å². The van der Waals surface area contributed by atoms with Crippen LogP contribution in [0, 0.1) is 6.92 Å². The van der Waals surface area contributed by atoms with E-state index in [2.05, 4.69) is 5.32 Å². The normalized spacial score (nSPS) is 11.4. The molecule has 1 rings (SSSR count). The molecular weight excluding hydrogens is 200 g/mol. The Bertz CT molecular complexity index is 313. The average Bonchev–Trinajstić information content (AvgIpc) is 2.04. The first kappa shape index (κ1) is 12.9. The van der Waals surface area contributed by atoms with Crippen LogP contribution < -0.4 is 11.1 Å². The van der Waals surface area contributed by atoms with Crippen LogP contribution in [0.25, 0.3) is 0 Å². The summed E-state index contributed by atoms with van der Waals surface area (Å²) in [5.74, 6) is -0.161. The Kier molecular flexibility index (Phi) is 5.20. The second-order valence-electron chi connectivity index (χ2n) is 3.15. The Labute approximate surface area is 90.1 Å². The molecule has 14 heavy (non-hydrogen) atoms. The van der Waals surface area contributed by atoms with E-state index in [1.807, 2.05) is 31.2 Å². The third-order valence-electron chi connectivity index (χ3n) is 1.70. The minimum Gasteiger partial charge on any atom is -0.325 e. The Morgan fingerprint density at radius 1 is 1.50 bits per heavy atom. The second kappa shape index (κ2) is 5.62. The summed E-state index contributed by atoms with van der Waals surface area (Å²) >= 11 is 0. The van der Waals surface area contributed by atoms with Crippen LogP contribution in [0.15, 0.2) is 24.3 Å². The van der Waals surface area contributed by atoms with Gasteiger partial charge in [-0.05, 0) is 31.5 Å². The quantitative estimate of drug-likeness (QED) is 0.788. The van der Waals surface area contributed by atoms with Crippen LogP contribution in [0.4, 0.5) is 5.69 Å². The molecule has 0 saturated heterocycles. The largest absolute Gasteiger partial charge is 0.325 e. The maximum Gasteiger partial charge on any atom is 0.240 e. The number of halogens is 1. The fourth-order valence-corrected chi connectivity index (χ4v) is 0.979. The monoisotopic (exact) mass is 214 g/mol. The van der Waals surface area contributed by atoms with Crippen LogP contribution in [0.3, 0.4) is 0 Å². The van der Waals surface area contributed by atoms with Gasteiger partial charge in [0.05, 0.1) is 6.04 Å². The summed E-state index contributed by atoms with van der Waals surface area (Å²) in [4.78, 5) is 11.2. The molecule has 0 heterocycles. The van der Waals surface area contributed by atoms with Crippen molar-refractivity contribution in [2.45, 2.75) is 19.9 Å². The maximum atomic E-state index is 11.2. The lowest BCUT2D eigenvalue weighted by molar-refractivity contribution is -0.117. The molecular formula is C10H15ClN2O. The van der Waals surface area contributed by atoms with Crippen molar-refractivity contribution < 1.29 is 4.79 Å². The fraction of sp³-hybridized carbons (Fsp3) is 0.300. The van der Waals surface area contributed by atoms with Crippen LogP contribution in [-0.4, -0.2) is 11.9 Å². The first-order valence-electron chi connectivity index (χ1n) is 4.22. The van der Waals surface area contributed by atoms with E-state index < -0.39 is 6.04 Å². The molecule has 0 aromatic heterocycles. The number of carbonyl (C=O) groups is 1. The van der Waals surface area contributed by atoms with Gasteiger partial charge >= 0.3 is 0 Å². The van der Waals surface area contributed by atoms with E-state index in [-0.39, 0.29) is 18.3 Å². The first-order chi connectivity index (χ1) is 6.09. The van der Waals surface area contributed by atoms with Crippen molar-refractivity contribution in [2.24, 2.45) is 5.73 Å². The zero-order valence-electron chi connectivity index (χ0n) is 8.28. The van der Waals surface area contributed by atoms with E-state index >= 15 is 0 Å². The van der Waals surface area contributed by atoms with Crippen LogP contribution in [0.5, 0.6) is 0 Å². The van der Waals surface area contributed by atoms with Gasteiger partial charge in [0, 0.05) is 5.69 Å². The number of amides is 1. The van der Waals surface area contributed by atoms with Crippen LogP contribution >= 0.6 is 12.4 Å². The summed E-state index contributed by atoms with van der Waals surface area (Å²) in [5, 5.41) is 2.72. The Hall–Kier alpha value is -1.06. The highest BCUT2D eigenvalue weighted by molar-refractivity contribution is 5.94. The maximum absolute atomic E-state index is 11.2. The molecule has 1 atom stereocenters. The molecule has 3 N–H and O–H groups in total. The number of hydrogen-bond acceptors (Lipinski definition) is 2. The fourth-order valence-electron chi connectivity index (χ4n) is 0.979. The van der Waals surface area contributed by atoms with Crippen molar-refractivity contribution in [3.8, 4) is 0 Å². The predicted molar refractivity (Wildman–Crippen MR) is 60.7 cm³/mol. The Morgan fingerprint density at radius 2 is 2.14 bits per heavy atom. The van der Waals surface area contributed by atoms with Gasteiger partial charge in [-0.2, -0.15) is 0 Å². The Balaban J connectivity index is 0.00000169. The number of carbonyl (C=O) groups excluding carboxylic acids is 1. The molecule has 1 unspecified atom stereocenters. The van der Waals surface area contributed by atoms with Gasteiger partial charge < -0.3 is 11.1 Å². The molecule has 0 saturated carbocycles. The van der Waals surface area contributed by atoms with Gasteiger partial charge in [0.1, 0.15) is 0 Å². The molecule has 1 aromatic carbocycles. The standard InChI is InChI=1S/C10H14N2O.ClH/c1-7-4-3-5-9(6-7)12-10(13)8(2)11;/h3-6,8H,11H2,1-2H3,(H,12,13);1H. The van der Waals surface area contributed by atoms with Gasteiger partial charge in [0.25, 0.3) is 0 Å². The molecule has 0 bridgehead atoms. The van der Waals surface area contributed by atoms with Gasteiger partial charge in [0.15, 0.2) is 0 Å². The van der Waals surface area contributed by atoms with Crippen molar-refractivity contribution in [1.29, 1.82) is 0 Å². The number of nitrogens with two attached hydrogens (primary N) is 1. The number of hydrogen-bond donors (Lipinski definition) is 2. The third-order valence-corrected chi connectivity index (χ3v) is 1.70. The number of rotatable bonds is 2. The van der Waals surface area contributed by atoms with Crippen molar-refractivity contribution in [2.75, 3.05) is 5.32 Å². The van der Waals surface area contributed by atoms with Gasteiger partial charge in [-0.25, -0.2) is 0 Å². The zero-order valence-corrected chi connectivity index (χ0v) is 9.10. The molecule has 0 radical (unpaired) electrons. The van der Waals surface area contributed by atoms with Gasteiger partial charge in [-0.1, -0.05) is 12.1 Å². The molecule has 0 fully saturated rings. The third kappa shape index (κ3) is 3.77. The molecule has 0 spiro atoms. The van der Waals surface area contributed by atoms with Crippen molar-refractivity contribution in [1.82, 2.24) is 0 Å². The lowest BCUT2D eigenvalue weighted by Gasteiger charge is -2.07. The molecule has 1 amide bonds. The Morgan fingerprint density at radius 3 is 2.64 bits per heavy atom. The SMILES string of the molecule is Cc1cccc(NC(=O)C(C)N)c1.Cl. The van der Waals surface area contributed by atoms with Crippen molar-refractivity contribution >= 4 is 24.0 Å². The van der Waals surface area contributed by atoms with Gasteiger partial charge in [-0.15, -0.1) is 12.4 Å². The van der Waals surface area contributed by atoms with E-state index in [4.69, 9.17) is 5.73 Å². The molecule has 4 heteroatoms. The second-order valence-corrected chi connectivity index (χ2v) is 3.15. The summed E-state index contributed by atoms with van der Waals surface area (Å²) in [6.07, 6.45) is 0. The lowest BCUT2D eigenvalue weighted by Crippen LogP contribution is -2.32. The topological polar surface area (TPSA) is 55.1 Å². The zero-order chi connectivity index (χ0) is 9.84. The number of anilines is 1. The minimum atomic E-state index is -0.472. The van der Waals surface area contributed by atoms with Crippen molar-refractivity contribution in [3.05, 3.63) is 29.8 Å².